The van der Waals surface area contributed by atoms with E-state index in [1.807, 2.05) is 12.1 Å². The average molecular weight is 211 g/mol. The van der Waals surface area contributed by atoms with Crippen LogP contribution in [-0.4, -0.2) is 22.5 Å². The third-order valence-electron chi connectivity index (χ3n) is 0.717. The van der Waals surface area contributed by atoms with Gasteiger partial charge in [-0.2, -0.15) is 0 Å². The van der Waals surface area contributed by atoms with Gasteiger partial charge in [-0.3, -0.25) is 0 Å². The van der Waals surface area contributed by atoms with Gasteiger partial charge in [0.05, 0.1) is 0 Å². The van der Waals surface area contributed by atoms with Crippen molar-refractivity contribution in [1.82, 2.24) is 0 Å². The molecule has 0 aliphatic heterocycles. The summed E-state index contributed by atoms with van der Waals surface area (Å²) in [6, 6.07) is 3.68. The molecule has 0 fully saturated rings. The fourth-order valence-corrected chi connectivity index (χ4v) is 0.827. The van der Waals surface area contributed by atoms with Crippen LogP contribution in [0.4, 0.5) is 0 Å². The Hall–Kier alpha value is -0.361. The van der Waals surface area contributed by atoms with Crippen molar-refractivity contribution in [1.29, 1.82) is 0 Å². The van der Waals surface area contributed by atoms with Crippen LogP contribution in [0.3, 0.4) is 0 Å². The normalized spacial score (nSPS) is 7.62. The summed E-state index contributed by atoms with van der Waals surface area (Å²) in [5.41, 5.74) is 0. The van der Waals surface area contributed by atoms with Gasteiger partial charge in [-0.15, -0.1) is 0 Å². The second kappa shape index (κ2) is 2.83. The zero-order valence-electron chi connectivity index (χ0n) is 4.22. The number of hydrogen-bond acceptors (Lipinski definition) is 1. The molecule has 2 radical (unpaired) electrons. The molecule has 0 aromatic carbocycles. The van der Waals surface area contributed by atoms with Crippen LogP contribution in [0.1, 0.15) is 5.76 Å². The van der Waals surface area contributed by atoms with Gasteiger partial charge < -0.3 is 0 Å². The van der Waals surface area contributed by atoms with Gasteiger partial charge in [-0.05, 0) is 0 Å². The summed E-state index contributed by atoms with van der Waals surface area (Å²) < 4.78 is 7.78. The van der Waals surface area contributed by atoms with Crippen LogP contribution in [0, 0.1) is 9.86 Å². The fraction of sp³-hybridized carbons (Fsp3) is 0. The van der Waals surface area contributed by atoms with Crippen LogP contribution >= 0.6 is 0 Å². The summed E-state index contributed by atoms with van der Waals surface area (Å²) >= 11 is 0.970. The Kier molecular flexibility index (Phi) is 2.04. The van der Waals surface area contributed by atoms with Crippen molar-refractivity contribution in [3.8, 4) is 9.86 Å². The third kappa shape index (κ3) is 1.31. The molecule has 1 aromatic rings. The van der Waals surface area contributed by atoms with E-state index in [1.165, 1.54) is 0 Å². The first kappa shape index (κ1) is 5.77. The fourth-order valence-electron chi connectivity index (χ4n) is 0.421. The van der Waals surface area contributed by atoms with Crippen LogP contribution in [0.15, 0.2) is 22.8 Å². The molecule has 1 rings (SSSR count). The van der Waals surface area contributed by atoms with Gasteiger partial charge in [-0.25, -0.2) is 0 Å². The summed E-state index contributed by atoms with van der Waals surface area (Å²) in [7, 11) is 0. The predicted octanol–water partition coefficient (Wildman–Crippen LogP) is 0.489. The van der Waals surface area contributed by atoms with E-state index in [-0.39, 0.29) is 0 Å². The molecule has 8 heavy (non-hydrogen) atoms. The Bertz CT molecular complexity index is 202. The molecule has 0 amide bonds. The van der Waals surface area contributed by atoms with Crippen LogP contribution in [0.5, 0.6) is 0 Å². The molecule has 2 heteroatoms. The molecule has 0 spiro atoms. The zero-order chi connectivity index (χ0) is 5.82. The molecular weight excluding hydrogens is 207 g/mol. The van der Waals surface area contributed by atoms with Crippen molar-refractivity contribution in [2.24, 2.45) is 0 Å². The number of furan rings is 1. The van der Waals surface area contributed by atoms with Gasteiger partial charge in [0.15, 0.2) is 0 Å². The van der Waals surface area contributed by atoms with Crippen molar-refractivity contribution in [3.63, 3.8) is 0 Å². The molecule has 1 nitrogen and oxygen atoms in total. The molecule has 1 heterocycles. The van der Waals surface area contributed by atoms with E-state index in [9.17, 15) is 0 Å². The van der Waals surface area contributed by atoms with Gasteiger partial charge >= 0.3 is 61.0 Å². The third-order valence-corrected chi connectivity index (χ3v) is 1.13. The minimum absolute atomic E-state index is 0.762. The molecule has 0 bridgehead atoms. The van der Waals surface area contributed by atoms with Gasteiger partial charge in [0, 0.05) is 0 Å². The van der Waals surface area contributed by atoms with Crippen molar-refractivity contribution in [2.45, 2.75) is 0 Å². The quantitative estimate of drug-likeness (QED) is 0.449. The van der Waals surface area contributed by atoms with Crippen molar-refractivity contribution in [3.05, 3.63) is 24.2 Å². The summed E-state index contributed by atoms with van der Waals surface area (Å²) in [4.78, 5) is 0. The Labute approximate surface area is 61.2 Å². The average Bonchev–Trinajstić information content (AvgIpc) is 2.19. The van der Waals surface area contributed by atoms with E-state index in [4.69, 9.17) is 4.42 Å². The zero-order valence-corrected chi connectivity index (χ0v) is 7.51. The number of hydrogen-bond donors (Lipinski definition) is 0. The van der Waals surface area contributed by atoms with E-state index in [0.29, 0.717) is 0 Å². The van der Waals surface area contributed by atoms with Gasteiger partial charge in [0.2, 0.25) is 0 Å². The SMILES string of the molecule is [SnH][C]#Cc1ccco1. The molecule has 0 saturated heterocycles. The molecule has 1 aromatic heterocycles. The molecular formula is C6H4OSn. The maximum absolute atomic E-state index is 4.92. The van der Waals surface area contributed by atoms with Crippen molar-refractivity contribution >= 4 is 22.5 Å². The Morgan fingerprint density at radius 3 is 3.00 bits per heavy atom. The molecule has 0 N–H and O–H groups in total. The Morgan fingerprint density at radius 2 is 2.50 bits per heavy atom. The first-order valence-electron chi connectivity index (χ1n) is 2.18. The first-order valence-corrected chi connectivity index (χ1v) is 3.83. The van der Waals surface area contributed by atoms with Gasteiger partial charge in [0.25, 0.3) is 0 Å². The second-order valence-electron chi connectivity index (χ2n) is 1.25. The summed E-state index contributed by atoms with van der Waals surface area (Å²) in [6.45, 7) is 0. The van der Waals surface area contributed by atoms with Crippen LogP contribution in [-0.2, 0) is 0 Å². The standard InChI is InChI=1S/C6H3O.Sn.H/c1-2-6-4-3-5-7-6;;/h3-5H;;. The van der Waals surface area contributed by atoms with E-state index >= 15 is 0 Å². The molecule has 0 unspecified atom stereocenters. The molecule has 0 aliphatic rings. The van der Waals surface area contributed by atoms with Gasteiger partial charge in [-0.1, -0.05) is 0 Å². The molecule has 38 valence electrons. The summed E-state index contributed by atoms with van der Waals surface area (Å²) in [5, 5.41) is 0. The molecule has 0 saturated carbocycles. The van der Waals surface area contributed by atoms with Gasteiger partial charge in [0.1, 0.15) is 0 Å². The van der Waals surface area contributed by atoms with E-state index in [1.54, 1.807) is 6.26 Å². The maximum atomic E-state index is 4.92. The van der Waals surface area contributed by atoms with Crippen molar-refractivity contribution in [2.75, 3.05) is 0 Å². The topological polar surface area (TPSA) is 13.1 Å². The van der Waals surface area contributed by atoms with Crippen LogP contribution in [0.2, 0.25) is 0 Å². The van der Waals surface area contributed by atoms with Crippen LogP contribution in [0.25, 0.3) is 0 Å². The minimum atomic E-state index is 0.762. The van der Waals surface area contributed by atoms with E-state index in [0.717, 1.165) is 28.3 Å². The summed E-state index contributed by atoms with van der Waals surface area (Å²) in [6.07, 6.45) is 1.63. The van der Waals surface area contributed by atoms with Crippen LogP contribution < -0.4 is 0 Å². The Morgan fingerprint density at radius 1 is 1.62 bits per heavy atom. The second-order valence-corrected chi connectivity index (χ2v) is 2.07. The molecule has 0 atom stereocenters. The first-order chi connectivity index (χ1) is 3.93. The summed E-state index contributed by atoms with van der Waals surface area (Å²) in [5.74, 6) is 3.59. The number of rotatable bonds is 0. The van der Waals surface area contributed by atoms with E-state index in [2.05, 4.69) is 9.86 Å². The predicted molar refractivity (Wildman–Crippen MR) is 32.7 cm³/mol. The Balaban J connectivity index is 2.88. The molecule has 0 aliphatic carbocycles. The monoisotopic (exact) mass is 212 g/mol. The van der Waals surface area contributed by atoms with Crippen molar-refractivity contribution < 1.29 is 4.42 Å². The van der Waals surface area contributed by atoms with E-state index < -0.39 is 0 Å².